The monoisotopic (exact) mass is 274 g/mol. The van der Waals surface area contributed by atoms with Gasteiger partial charge in [-0.3, -0.25) is 10.1 Å². The van der Waals surface area contributed by atoms with Crippen LogP contribution in [0.2, 0.25) is 0 Å². The van der Waals surface area contributed by atoms with Gasteiger partial charge in [-0.2, -0.15) is 0 Å². The lowest BCUT2D eigenvalue weighted by Gasteiger charge is -2.07. The number of hydrogen-bond acceptors (Lipinski definition) is 3. The Labute approximate surface area is 116 Å². The molecule has 4 nitrogen and oxygen atoms in total. The number of nitro groups is 1. The quantitative estimate of drug-likeness (QED) is 0.668. The SMILES string of the molecule is Cc1cc(NCCc2ccc(F)cc2)ccc1[N+](=O)[O-]. The van der Waals surface area contributed by atoms with E-state index in [1.54, 1.807) is 31.2 Å². The molecule has 2 aromatic carbocycles. The Hall–Kier alpha value is -2.43. The second-order valence-corrected chi connectivity index (χ2v) is 4.56. The van der Waals surface area contributed by atoms with E-state index in [0.29, 0.717) is 12.1 Å². The molecule has 0 amide bonds. The van der Waals surface area contributed by atoms with E-state index in [2.05, 4.69) is 5.32 Å². The summed E-state index contributed by atoms with van der Waals surface area (Å²) in [6, 6.07) is 11.3. The van der Waals surface area contributed by atoms with Gasteiger partial charge in [0.2, 0.25) is 0 Å². The topological polar surface area (TPSA) is 55.2 Å². The molecule has 1 N–H and O–H groups in total. The molecule has 0 bridgehead atoms. The lowest BCUT2D eigenvalue weighted by molar-refractivity contribution is -0.385. The maximum atomic E-state index is 12.8. The highest BCUT2D eigenvalue weighted by Gasteiger charge is 2.09. The minimum absolute atomic E-state index is 0.120. The number of nitrogens with zero attached hydrogens (tertiary/aromatic N) is 1. The van der Waals surface area contributed by atoms with E-state index in [9.17, 15) is 14.5 Å². The van der Waals surface area contributed by atoms with E-state index in [0.717, 1.165) is 17.7 Å². The highest BCUT2D eigenvalue weighted by molar-refractivity contribution is 5.53. The summed E-state index contributed by atoms with van der Waals surface area (Å²) < 4.78 is 12.8. The van der Waals surface area contributed by atoms with E-state index in [1.807, 2.05) is 0 Å². The van der Waals surface area contributed by atoms with E-state index < -0.39 is 4.92 Å². The number of aryl methyl sites for hydroxylation is 1. The molecule has 0 spiro atoms. The first-order valence-corrected chi connectivity index (χ1v) is 6.29. The second-order valence-electron chi connectivity index (χ2n) is 4.56. The van der Waals surface area contributed by atoms with Crippen LogP contribution in [0.15, 0.2) is 42.5 Å². The van der Waals surface area contributed by atoms with Gasteiger partial charge in [-0.05, 0) is 43.2 Å². The van der Waals surface area contributed by atoms with Gasteiger partial charge in [-0.15, -0.1) is 0 Å². The number of nitro benzene ring substituents is 1. The molecule has 0 aliphatic carbocycles. The second kappa shape index (κ2) is 6.14. The molecule has 0 unspecified atom stereocenters. The molecule has 0 fully saturated rings. The van der Waals surface area contributed by atoms with Crippen molar-refractivity contribution in [1.29, 1.82) is 0 Å². The molecule has 5 heteroatoms. The number of anilines is 1. The summed E-state index contributed by atoms with van der Waals surface area (Å²) >= 11 is 0. The van der Waals surface area contributed by atoms with Gasteiger partial charge in [0.1, 0.15) is 5.82 Å². The van der Waals surface area contributed by atoms with Crippen LogP contribution in [-0.2, 0) is 6.42 Å². The Morgan fingerprint density at radius 2 is 1.90 bits per heavy atom. The zero-order chi connectivity index (χ0) is 14.5. The predicted molar refractivity (Wildman–Crippen MR) is 76.4 cm³/mol. The van der Waals surface area contributed by atoms with Crippen LogP contribution in [0.4, 0.5) is 15.8 Å². The summed E-state index contributed by atoms with van der Waals surface area (Å²) in [5.41, 5.74) is 2.63. The number of rotatable bonds is 5. The van der Waals surface area contributed by atoms with E-state index in [4.69, 9.17) is 0 Å². The molecule has 0 saturated carbocycles. The highest BCUT2D eigenvalue weighted by Crippen LogP contribution is 2.21. The van der Waals surface area contributed by atoms with Crippen molar-refractivity contribution in [3.63, 3.8) is 0 Å². The molecule has 0 heterocycles. The van der Waals surface area contributed by atoms with Gasteiger partial charge in [0.25, 0.3) is 5.69 Å². The van der Waals surface area contributed by atoms with Crippen molar-refractivity contribution in [3.05, 3.63) is 69.5 Å². The molecule has 0 aromatic heterocycles. The minimum Gasteiger partial charge on any atom is -0.385 e. The fraction of sp³-hybridized carbons (Fsp3) is 0.200. The first-order valence-electron chi connectivity index (χ1n) is 6.29. The zero-order valence-corrected chi connectivity index (χ0v) is 11.1. The predicted octanol–water partition coefficient (Wildman–Crippen LogP) is 3.70. The van der Waals surface area contributed by atoms with Crippen molar-refractivity contribution in [2.24, 2.45) is 0 Å². The zero-order valence-electron chi connectivity index (χ0n) is 11.1. The summed E-state index contributed by atoms with van der Waals surface area (Å²) in [7, 11) is 0. The van der Waals surface area contributed by atoms with Crippen molar-refractivity contribution in [3.8, 4) is 0 Å². The number of benzene rings is 2. The highest BCUT2D eigenvalue weighted by atomic mass is 19.1. The van der Waals surface area contributed by atoms with Crippen molar-refractivity contribution >= 4 is 11.4 Å². The molecule has 0 saturated heterocycles. The van der Waals surface area contributed by atoms with Crippen molar-refractivity contribution in [2.75, 3.05) is 11.9 Å². The van der Waals surface area contributed by atoms with Crippen LogP contribution < -0.4 is 5.32 Å². The fourth-order valence-corrected chi connectivity index (χ4v) is 1.97. The van der Waals surface area contributed by atoms with E-state index in [1.165, 1.54) is 18.2 Å². The summed E-state index contributed by atoms with van der Waals surface area (Å²) in [6.07, 6.45) is 0.760. The van der Waals surface area contributed by atoms with Crippen molar-refractivity contribution in [2.45, 2.75) is 13.3 Å². The van der Waals surface area contributed by atoms with Crippen LogP contribution in [0.25, 0.3) is 0 Å². The normalized spacial score (nSPS) is 10.3. The Bertz CT molecular complexity index is 612. The van der Waals surface area contributed by atoms with Crippen LogP contribution in [0.1, 0.15) is 11.1 Å². The maximum Gasteiger partial charge on any atom is 0.272 e. The average Bonchev–Trinajstić information content (AvgIpc) is 2.41. The molecule has 104 valence electrons. The molecule has 0 radical (unpaired) electrons. The molecule has 2 rings (SSSR count). The molecular formula is C15H15FN2O2. The first-order chi connectivity index (χ1) is 9.56. The van der Waals surface area contributed by atoms with Gasteiger partial charge >= 0.3 is 0 Å². The van der Waals surface area contributed by atoms with Gasteiger partial charge in [-0.1, -0.05) is 12.1 Å². The summed E-state index contributed by atoms with van der Waals surface area (Å²) in [6.45, 7) is 2.40. The van der Waals surface area contributed by atoms with Crippen molar-refractivity contribution < 1.29 is 9.31 Å². The van der Waals surface area contributed by atoms with Crippen molar-refractivity contribution in [1.82, 2.24) is 0 Å². The molecule has 20 heavy (non-hydrogen) atoms. The Kier molecular flexibility index (Phi) is 4.30. The lowest BCUT2D eigenvalue weighted by Crippen LogP contribution is -2.05. The number of nitrogens with one attached hydrogen (secondary N) is 1. The summed E-state index contributed by atoms with van der Waals surface area (Å²) in [5.74, 6) is -0.243. The third-order valence-corrected chi connectivity index (χ3v) is 3.05. The molecule has 0 aliphatic rings. The van der Waals surface area contributed by atoms with Crippen LogP contribution >= 0.6 is 0 Å². The largest absolute Gasteiger partial charge is 0.385 e. The number of hydrogen-bond donors (Lipinski definition) is 1. The van der Waals surface area contributed by atoms with Crippen LogP contribution in [0, 0.1) is 22.9 Å². The third-order valence-electron chi connectivity index (χ3n) is 3.05. The lowest BCUT2D eigenvalue weighted by atomic mass is 10.1. The van der Waals surface area contributed by atoms with Gasteiger partial charge < -0.3 is 5.32 Å². The summed E-state index contributed by atoms with van der Waals surface area (Å²) in [4.78, 5) is 10.3. The van der Waals surface area contributed by atoms with Crippen LogP contribution in [0.5, 0.6) is 0 Å². The van der Waals surface area contributed by atoms with Gasteiger partial charge in [0, 0.05) is 23.9 Å². The Balaban J connectivity index is 1.92. The Morgan fingerprint density at radius 3 is 2.50 bits per heavy atom. The average molecular weight is 274 g/mol. The first kappa shape index (κ1) is 14.0. The smallest absolute Gasteiger partial charge is 0.272 e. The molecule has 2 aromatic rings. The van der Waals surface area contributed by atoms with Gasteiger partial charge in [0.15, 0.2) is 0 Å². The van der Waals surface area contributed by atoms with E-state index in [-0.39, 0.29) is 11.5 Å². The van der Waals surface area contributed by atoms with Gasteiger partial charge in [-0.25, -0.2) is 4.39 Å². The Morgan fingerprint density at radius 1 is 1.20 bits per heavy atom. The van der Waals surface area contributed by atoms with Gasteiger partial charge in [0.05, 0.1) is 4.92 Å². The number of halogens is 1. The molecule has 0 atom stereocenters. The molecular weight excluding hydrogens is 259 g/mol. The van der Waals surface area contributed by atoms with Crippen LogP contribution in [0.3, 0.4) is 0 Å². The minimum atomic E-state index is -0.391. The summed E-state index contributed by atoms with van der Waals surface area (Å²) in [5, 5.41) is 13.9. The molecule has 0 aliphatic heterocycles. The van der Waals surface area contributed by atoms with E-state index >= 15 is 0 Å². The third kappa shape index (κ3) is 3.54. The fourth-order valence-electron chi connectivity index (χ4n) is 1.97. The van der Waals surface area contributed by atoms with Crippen LogP contribution in [-0.4, -0.2) is 11.5 Å². The maximum absolute atomic E-state index is 12.8. The standard InChI is InChI=1S/C15H15FN2O2/c1-11-10-14(6-7-15(11)18(19)20)17-9-8-12-2-4-13(16)5-3-12/h2-7,10,17H,8-9H2,1H3.